The first-order valence-corrected chi connectivity index (χ1v) is 4.43. The molecule has 0 spiro atoms. The Bertz CT molecular complexity index is 498. The molecule has 0 atom stereocenters. The molecular weight excluding hydrogens is 198 g/mol. The van der Waals surface area contributed by atoms with E-state index in [0.29, 0.717) is 29.2 Å². The van der Waals surface area contributed by atoms with E-state index in [1.54, 1.807) is 10.9 Å². The molecule has 0 N–H and O–H groups in total. The lowest BCUT2D eigenvalue weighted by Crippen LogP contribution is -1.97. The lowest BCUT2D eigenvalue weighted by Gasteiger charge is -2.03. The van der Waals surface area contributed by atoms with Crippen LogP contribution in [0.1, 0.15) is 6.42 Å². The highest BCUT2D eigenvalue weighted by molar-refractivity contribution is 7.58. The van der Waals surface area contributed by atoms with Crippen molar-refractivity contribution in [2.75, 3.05) is 0 Å². The molecule has 0 aromatic carbocycles. The summed E-state index contributed by atoms with van der Waals surface area (Å²) in [6.45, 7) is 0.582. The van der Waals surface area contributed by atoms with Gasteiger partial charge in [-0.05, 0) is 0 Å². The van der Waals surface area contributed by atoms with E-state index in [9.17, 15) is 0 Å². The molecule has 6 heteroatoms. The molecule has 0 saturated carbocycles. The molecule has 0 radical (unpaired) electrons. The van der Waals surface area contributed by atoms with Gasteiger partial charge in [0.25, 0.3) is 0 Å². The van der Waals surface area contributed by atoms with E-state index in [1.807, 2.05) is 0 Å². The second kappa shape index (κ2) is 3.55. The van der Waals surface area contributed by atoms with Gasteiger partial charge < -0.3 is 17.2 Å². The third kappa shape index (κ3) is 1.38. The van der Waals surface area contributed by atoms with E-state index in [0.717, 1.165) is 0 Å². The summed E-state index contributed by atoms with van der Waals surface area (Å²) in [6, 6.07) is 2.07. The second-order valence-corrected chi connectivity index (χ2v) is 3.08. The SMILES string of the molecule is N#CCCn1cnc2c([S-])ncnc21. The quantitative estimate of drug-likeness (QED) is 0.530. The van der Waals surface area contributed by atoms with Crippen LogP contribution in [0.2, 0.25) is 0 Å². The van der Waals surface area contributed by atoms with Crippen molar-refractivity contribution in [3.05, 3.63) is 12.7 Å². The van der Waals surface area contributed by atoms with Crippen molar-refractivity contribution < 1.29 is 0 Å². The van der Waals surface area contributed by atoms with Gasteiger partial charge in [-0.3, -0.25) is 4.98 Å². The molecule has 0 saturated heterocycles. The summed E-state index contributed by atoms with van der Waals surface area (Å²) in [7, 11) is 0. The van der Waals surface area contributed by atoms with Gasteiger partial charge in [0.1, 0.15) is 11.8 Å². The van der Waals surface area contributed by atoms with Crippen molar-refractivity contribution in [3.63, 3.8) is 0 Å². The van der Waals surface area contributed by atoms with Crippen molar-refractivity contribution in [2.24, 2.45) is 0 Å². The van der Waals surface area contributed by atoms with Crippen LogP contribution in [0.5, 0.6) is 0 Å². The Hall–Kier alpha value is -1.74. The van der Waals surface area contributed by atoms with Crippen molar-refractivity contribution in [1.29, 1.82) is 5.26 Å². The molecule has 5 nitrogen and oxygen atoms in total. The Kier molecular flexibility index (Phi) is 2.24. The maximum absolute atomic E-state index is 8.45. The maximum Gasteiger partial charge on any atom is 0.161 e. The maximum atomic E-state index is 8.45. The first-order valence-electron chi connectivity index (χ1n) is 4.02. The normalized spacial score (nSPS) is 10.2. The van der Waals surface area contributed by atoms with Gasteiger partial charge in [-0.2, -0.15) is 5.26 Å². The van der Waals surface area contributed by atoms with Crippen molar-refractivity contribution in [1.82, 2.24) is 19.5 Å². The predicted octanol–water partition coefficient (Wildman–Crippen LogP) is 0.646. The summed E-state index contributed by atoms with van der Waals surface area (Å²) in [5, 5.41) is 8.90. The summed E-state index contributed by atoms with van der Waals surface area (Å²) in [5.41, 5.74) is 1.32. The Labute approximate surface area is 85.8 Å². The summed E-state index contributed by atoms with van der Waals surface area (Å²) in [4.78, 5) is 12.0. The van der Waals surface area contributed by atoms with Gasteiger partial charge >= 0.3 is 0 Å². The number of nitriles is 1. The molecule has 2 aromatic heterocycles. The van der Waals surface area contributed by atoms with Gasteiger partial charge in [0, 0.05) is 6.54 Å². The highest BCUT2D eigenvalue weighted by Crippen LogP contribution is 2.12. The van der Waals surface area contributed by atoms with Crippen LogP contribution in [0.4, 0.5) is 0 Å². The molecule has 0 aliphatic carbocycles. The van der Waals surface area contributed by atoms with Gasteiger partial charge in [0.05, 0.1) is 18.8 Å². The fourth-order valence-corrected chi connectivity index (χ4v) is 1.38. The first kappa shape index (κ1) is 8.84. The molecule has 14 heavy (non-hydrogen) atoms. The zero-order valence-electron chi connectivity index (χ0n) is 7.21. The van der Waals surface area contributed by atoms with Crippen LogP contribution < -0.4 is 0 Å². The minimum atomic E-state index is 0.433. The molecule has 2 rings (SSSR count). The van der Waals surface area contributed by atoms with Crippen LogP contribution in [0.15, 0.2) is 17.7 Å². The second-order valence-electron chi connectivity index (χ2n) is 2.70. The highest BCUT2D eigenvalue weighted by atomic mass is 32.1. The van der Waals surface area contributed by atoms with Gasteiger partial charge in [0.2, 0.25) is 0 Å². The summed E-state index contributed by atoms with van der Waals surface area (Å²) in [5.74, 6) is 0. The van der Waals surface area contributed by atoms with E-state index < -0.39 is 0 Å². The van der Waals surface area contributed by atoms with E-state index in [-0.39, 0.29) is 0 Å². The van der Waals surface area contributed by atoms with E-state index in [1.165, 1.54) is 6.33 Å². The van der Waals surface area contributed by atoms with Crippen LogP contribution in [-0.2, 0) is 19.2 Å². The predicted molar refractivity (Wildman–Crippen MR) is 51.2 cm³/mol. The summed E-state index contributed by atoms with van der Waals surface area (Å²) >= 11 is 4.99. The topological polar surface area (TPSA) is 67.4 Å². The van der Waals surface area contributed by atoms with Gasteiger partial charge in [0.15, 0.2) is 5.65 Å². The number of hydrogen-bond acceptors (Lipinski definition) is 5. The zero-order valence-corrected chi connectivity index (χ0v) is 8.03. The first-order chi connectivity index (χ1) is 6.83. The molecule has 0 aliphatic heterocycles. The number of aryl methyl sites for hydroxylation is 1. The molecule has 2 heterocycles. The number of imidazole rings is 1. The third-order valence-corrected chi connectivity index (χ3v) is 2.13. The van der Waals surface area contributed by atoms with Crippen molar-refractivity contribution >= 4 is 23.8 Å². The summed E-state index contributed by atoms with van der Waals surface area (Å²) in [6.07, 6.45) is 3.48. The fourth-order valence-electron chi connectivity index (χ4n) is 1.19. The molecular formula is C8H6N5S-. The molecule has 0 bridgehead atoms. The number of nitrogens with zero attached hydrogens (tertiary/aromatic N) is 5. The Morgan fingerprint density at radius 3 is 3.07 bits per heavy atom. The molecule has 0 amide bonds. The van der Waals surface area contributed by atoms with Gasteiger partial charge in [-0.15, -0.1) is 0 Å². The Morgan fingerprint density at radius 2 is 2.29 bits per heavy atom. The van der Waals surface area contributed by atoms with Crippen molar-refractivity contribution in [2.45, 2.75) is 18.0 Å². The molecule has 0 fully saturated rings. The van der Waals surface area contributed by atoms with Gasteiger partial charge in [-0.25, -0.2) is 9.97 Å². The van der Waals surface area contributed by atoms with Crippen molar-refractivity contribution in [3.8, 4) is 6.07 Å². The standard InChI is InChI=1S/C8H7N5S/c9-2-1-3-13-5-12-6-7(13)10-4-11-8(6)14/h4-5H,1,3H2,(H,10,11,14)/p-1. The van der Waals surface area contributed by atoms with Crippen LogP contribution >= 0.6 is 0 Å². The third-order valence-electron chi connectivity index (χ3n) is 1.83. The van der Waals surface area contributed by atoms with Crippen LogP contribution in [0.3, 0.4) is 0 Å². The molecule has 70 valence electrons. The number of aromatic nitrogens is 4. The summed E-state index contributed by atoms with van der Waals surface area (Å²) < 4.78 is 1.80. The minimum absolute atomic E-state index is 0.433. The fraction of sp³-hybridized carbons (Fsp3) is 0.250. The zero-order chi connectivity index (χ0) is 9.97. The van der Waals surface area contributed by atoms with E-state index >= 15 is 0 Å². The minimum Gasteiger partial charge on any atom is -0.758 e. The molecule has 0 aliphatic rings. The average Bonchev–Trinajstić information content (AvgIpc) is 2.60. The molecule has 2 aromatic rings. The monoisotopic (exact) mass is 204 g/mol. The lowest BCUT2D eigenvalue weighted by molar-refractivity contribution is 0.728. The molecule has 0 unspecified atom stereocenters. The number of rotatable bonds is 2. The Balaban J connectivity index is 2.48. The largest absolute Gasteiger partial charge is 0.758 e. The van der Waals surface area contributed by atoms with Crippen LogP contribution in [0.25, 0.3) is 11.2 Å². The average molecular weight is 204 g/mol. The van der Waals surface area contributed by atoms with Crippen LogP contribution in [0, 0.1) is 11.3 Å². The Morgan fingerprint density at radius 1 is 1.43 bits per heavy atom. The number of fused-ring (bicyclic) bond motifs is 1. The smallest absolute Gasteiger partial charge is 0.161 e. The lowest BCUT2D eigenvalue weighted by atomic mass is 10.4. The number of hydrogen-bond donors (Lipinski definition) is 0. The van der Waals surface area contributed by atoms with Gasteiger partial charge in [-0.1, -0.05) is 5.03 Å². The van der Waals surface area contributed by atoms with Crippen LogP contribution in [-0.4, -0.2) is 19.5 Å². The van der Waals surface area contributed by atoms with E-state index in [4.69, 9.17) is 17.9 Å². The van der Waals surface area contributed by atoms with E-state index in [2.05, 4.69) is 21.0 Å². The highest BCUT2D eigenvalue weighted by Gasteiger charge is 2.02.